The van der Waals surface area contributed by atoms with Crippen LogP contribution in [0.4, 0.5) is 5.82 Å². The van der Waals surface area contributed by atoms with Gasteiger partial charge in [-0.15, -0.1) is 0 Å². The van der Waals surface area contributed by atoms with E-state index in [-0.39, 0.29) is 0 Å². The molecule has 0 saturated heterocycles. The Bertz CT molecular complexity index is 651. The molecule has 1 aliphatic heterocycles. The normalized spacial score (nSPS) is 13.4. The van der Waals surface area contributed by atoms with Crippen LogP contribution >= 0.6 is 38.5 Å². The van der Waals surface area contributed by atoms with Crippen molar-refractivity contribution < 1.29 is 9.47 Å². The molecular weight excluding hydrogens is 425 g/mol. The lowest BCUT2D eigenvalue weighted by molar-refractivity contribution is 0.170. The smallest absolute Gasteiger partial charge is 0.175 e. The second-order valence-electron chi connectivity index (χ2n) is 3.91. The van der Waals surface area contributed by atoms with Crippen molar-refractivity contribution in [2.45, 2.75) is 0 Å². The highest BCUT2D eigenvalue weighted by Gasteiger charge is 2.18. The maximum absolute atomic E-state index is 5.81. The topological polar surface area (TPSA) is 70.3 Å². The third kappa shape index (κ3) is 2.48. The van der Waals surface area contributed by atoms with Crippen molar-refractivity contribution >= 4 is 44.3 Å². The van der Waals surface area contributed by atoms with Crippen LogP contribution < -0.4 is 15.2 Å². The molecule has 2 N–H and O–H groups in total. The number of aromatic nitrogens is 2. The Kier molecular flexibility index (Phi) is 3.48. The van der Waals surface area contributed by atoms with E-state index in [9.17, 15) is 0 Å². The number of nitrogen functional groups attached to an aromatic ring is 1. The molecule has 0 unspecified atom stereocenters. The van der Waals surface area contributed by atoms with E-state index < -0.39 is 0 Å². The van der Waals surface area contributed by atoms with Crippen LogP contribution in [0, 0.1) is 3.57 Å². The lowest BCUT2D eigenvalue weighted by atomic mass is 10.2. The molecule has 1 aromatic carbocycles. The number of nitrogens with zero attached hydrogens (tertiary/aromatic N) is 2. The van der Waals surface area contributed by atoms with Gasteiger partial charge in [-0.3, -0.25) is 0 Å². The summed E-state index contributed by atoms with van der Waals surface area (Å²) in [7, 11) is 0. The van der Waals surface area contributed by atoms with Gasteiger partial charge in [-0.1, -0.05) is 0 Å². The third-order valence-electron chi connectivity index (χ3n) is 2.63. The van der Waals surface area contributed by atoms with Crippen LogP contribution in [0.25, 0.3) is 11.4 Å². The summed E-state index contributed by atoms with van der Waals surface area (Å²) in [5, 5.41) is 0. The van der Waals surface area contributed by atoms with Crippen LogP contribution in [0.5, 0.6) is 11.5 Å². The number of ether oxygens (including phenoxy) is 2. The van der Waals surface area contributed by atoms with Crippen molar-refractivity contribution in [1.82, 2.24) is 9.97 Å². The summed E-state index contributed by atoms with van der Waals surface area (Å²) in [6, 6.07) is 3.76. The predicted octanol–water partition coefficient (Wildman–Crippen LogP) is 2.86. The van der Waals surface area contributed by atoms with E-state index in [1.807, 2.05) is 12.1 Å². The second-order valence-corrected chi connectivity index (χ2v) is 5.93. The molecule has 19 heavy (non-hydrogen) atoms. The van der Waals surface area contributed by atoms with E-state index in [2.05, 4.69) is 48.5 Å². The Hall–Kier alpha value is -1.09. The summed E-state index contributed by atoms with van der Waals surface area (Å²) in [5.74, 6) is 2.44. The van der Waals surface area contributed by atoms with Gasteiger partial charge < -0.3 is 15.2 Å². The number of hydrogen-bond acceptors (Lipinski definition) is 5. The molecule has 98 valence electrons. The maximum Gasteiger partial charge on any atom is 0.175 e. The first-order valence-corrected chi connectivity index (χ1v) is 7.40. The largest absolute Gasteiger partial charge is 0.486 e. The van der Waals surface area contributed by atoms with Crippen LogP contribution in [0.2, 0.25) is 0 Å². The molecule has 0 bridgehead atoms. The van der Waals surface area contributed by atoms with E-state index in [4.69, 9.17) is 15.2 Å². The van der Waals surface area contributed by atoms with E-state index in [0.29, 0.717) is 36.4 Å². The van der Waals surface area contributed by atoms with Gasteiger partial charge in [0.15, 0.2) is 17.3 Å². The molecule has 0 amide bonds. The summed E-state index contributed by atoms with van der Waals surface area (Å²) >= 11 is 5.57. The standard InChI is InChI=1S/C12H9BrIN3O2/c13-7-3-6(4-9-10(7)19-2-1-18-9)12-16-5-8(14)11(15)17-12/h3-5H,1-2H2,(H2,15,16,17). The fourth-order valence-electron chi connectivity index (χ4n) is 1.76. The Morgan fingerprint density at radius 1 is 1.26 bits per heavy atom. The molecule has 0 spiro atoms. The summed E-state index contributed by atoms with van der Waals surface area (Å²) in [6.45, 7) is 1.09. The molecule has 1 aliphatic rings. The van der Waals surface area contributed by atoms with Gasteiger partial charge in [0, 0.05) is 11.8 Å². The number of fused-ring (bicyclic) bond motifs is 1. The Balaban J connectivity index is 2.10. The number of benzene rings is 1. The zero-order chi connectivity index (χ0) is 13.4. The zero-order valence-corrected chi connectivity index (χ0v) is 13.4. The Morgan fingerprint density at radius 2 is 2.05 bits per heavy atom. The van der Waals surface area contributed by atoms with Crippen molar-refractivity contribution in [1.29, 1.82) is 0 Å². The van der Waals surface area contributed by atoms with E-state index in [1.165, 1.54) is 0 Å². The fraction of sp³-hybridized carbons (Fsp3) is 0.167. The van der Waals surface area contributed by atoms with Crippen molar-refractivity contribution in [3.63, 3.8) is 0 Å². The molecule has 0 saturated carbocycles. The van der Waals surface area contributed by atoms with Crippen LogP contribution in [-0.2, 0) is 0 Å². The molecule has 0 fully saturated rings. The lowest BCUT2D eigenvalue weighted by Gasteiger charge is -2.20. The van der Waals surface area contributed by atoms with Crippen LogP contribution in [-0.4, -0.2) is 23.2 Å². The van der Waals surface area contributed by atoms with E-state index in [0.717, 1.165) is 13.6 Å². The van der Waals surface area contributed by atoms with Crippen molar-refractivity contribution in [2.75, 3.05) is 18.9 Å². The minimum atomic E-state index is 0.469. The third-order valence-corrected chi connectivity index (χ3v) is 4.05. The predicted molar refractivity (Wildman–Crippen MR) is 83.3 cm³/mol. The monoisotopic (exact) mass is 433 g/mol. The SMILES string of the molecule is Nc1nc(-c2cc(Br)c3c(c2)OCCO3)ncc1I. The molecular formula is C12H9BrIN3O2. The van der Waals surface area contributed by atoms with Crippen molar-refractivity contribution in [3.05, 3.63) is 26.4 Å². The van der Waals surface area contributed by atoms with Gasteiger partial charge in [0.25, 0.3) is 0 Å². The molecule has 1 aromatic heterocycles. The van der Waals surface area contributed by atoms with Gasteiger partial charge in [-0.05, 0) is 50.7 Å². The van der Waals surface area contributed by atoms with Gasteiger partial charge in [0.1, 0.15) is 19.0 Å². The van der Waals surface area contributed by atoms with Crippen LogP contribution in [0.1, 0.15) is 0 Å². The quantitative estimate of drug-likeness (QED) is 0.700. The van der Waals surface area contributed by atoms with Crippen molar-refractivity contribution in [3.8, 4) is 22.9 Å². The lowest BCUT2D eigenvalue weighted by Crippen LogP contribution is -2.15. The maximum atomic E-state index is 5.81. The summed E-state index contributed by atoms with van der Waals surface area (Å²) < 4.78 is 12.8. The minimum Gasteiger partial charge on any atom is -0.486 e. The highest BCUT2D eigenvalue weighted by molar-refractivity contribution is 14.1. The van der Waals surface area contributed by atoms with Gasteiger partial charge in [-0.2, -0.15) is 0 Å². The molecule has 5 nitrogen and oxygen atoms in total. The highest BCUT2D eigenvalue weighted by Crippen LogP contribution is 2.40. The highest BCUT2D eigenvalue weighted by atomic mass is 127. The number of rotatable bonds is 1. The Morgan fingerprint density at radius 3 is 2.84 bits per heavy atom. The zero-order valence-electron chi connectivity index (χ0n) is 9.69. The minimum absolute atomic E-state index is 0.469. The number of anilines is 1. The van der Waals surface area contributed by atoms with Gasteiger partial charge in [0.05, 0.1) is 8.04 Å². The first kappa shape index (κ1) is 12.9. The molecule has 0 atom stereocenters. The van der Waals surface area contributed by atoms with Gasteiger partial charge in [-0.25, -0.2) is 9.97 Å². The van der Waals surface area contributed by atoms with E-state index >= 15 is 0 Å². The molecule has 2 aromatic rings. The van der Waals surface area contributed by atoms with Gasteiger partial charge >= 0.3 is 0 Å². The number of hydrogen-bond donors (Lipinski definition) is 1. The molecule has 2 heterocycles. The van der Waals surface area contributed by atoms with Crippen LogP contribution in [0.15, 0.2) is 22.8 Å². The average molecular weight is 434 g/mol. The Labute approximate surface area is 131 Å². The fourth-order valence-corrected chi connectivity index (χ4v) is 2.58. The van der Waals surface area contributed by atoms with E-state index in [1.54, 1.807) is 6.20 Å². The second kappa shape index (κ2) is 5.12. The molecule has 7 heteroatoms. The first-order valence-electron chi connectivity index (χ1n) is 5.52. The molecule has 0 aliphatic carbocycles. The van der Waals surface area contributed by atoms with Crippen LogP contribution in [0.3, 0.4) is 0 Å². The summed E-state index contributed by atoms with van der Waals surface area (Å²) in [5.41, 5.74) is 6.64. The van der Waals surface area contributed by atoms with Crippen molar-refractivity contribution in [2.24, 2.45) is 0 Å². The summed E-state index contributed by atoms with van der Waals surface area (Å²) in [6.07, 6.45) is 1.70. The average Bonchev–Trinajstić information content (AvgIpc) is 2.42. The summed E-state index contributed by atoms with van der Waals surface area (Å²) in [4.78, 5) is 8.56. The van der Waals surface area contributed by atoms with Gasteiger partial charge in [0.2, 0.25) is 0 Å². The number of halogens is 2. The molecule has 3 rings (SSSR count). The first-order chi connectivity index (χ1) is 9.15. The molecule has 0 radical (unpaired) electrons. The number of nitrogens with two attached hydrogens (primary N) is 1.